The number of nitrogens with one attached hydrogen (secondary N) is 1. The third-order valence-electron chi connectivity index (χ3n) is 8.94. The lowest BCUT2D eigenvalue weighted by Gasteiger charge is -2.09. The first-order valence-corrected chi connectivity index (χ1v) is 22.7. The summed E-state index contributed by atoms with van der Waals surface area (Å²) in [6.07, 6.45) is 14.8. The highest BCUT2D eigenvalue weighted by molar-refractivity contribution is 5.65. The Morgan fingerprint density at radius 3 is 0.984 bits per heavy atom. The number of nitro groups is 2. The lowest BCUT2D eigenvalue weighted by atomic mass is 10.1. The first kappa shape index (κ1) is 57.4. The van der Waals surface area contributed by atoms with Gasteiger partial charge in [-0.3, -0.25) is 20.2 Å². The van der Waals surface area contributed by atoms with Crippen LogP contribution in [-0.2, 0) is 56.8 Å². The molecule has 0 saturated heterocycles. The average molecular weight is 894 g/mol. The van der Waals surface area contributed by atoms with Crippen LogP contribution in [0.3, 0.4) is 0 Å². The third-order valence-corrected chi connectivity index (χ3v) is 8.94. The Balaban J connectivity index is 1.66. The predicted octanol–water partition coefficient (Wildman–Crippen LogP) is 6.43. The van der Waals surface area contributed by atoms with Gasteiger partial charge in [0.1, 0.15) is 5.69 Å². The van der Waals surface area contributed by atoms with Crippen LogP contribution in [-0.4, -0.2) is 175 Å². The molecule has 0 aliphatic rings. The molecule has 1 N–H and O–H groups in total. The van der Waals surface area contributed by atoms with E-state index in [9.17, 15) is 20.2 Å². The van der Waals surface area contributed by atoms with E-state index in [4.69, 9.17) is 56.8 Å². The molecule has 0 bridgehead atoms. The quantitative estimate of drug-likeness (QED) is 0.0425. The second-order valence-corrected chi connectivity index (χ2v) is 14.0. The van der Waals surface area contributed by atoms with E-state index in [1.54, 1.807) is 0 Å². The Hall–Kier alpha value is -2.66. The van der Waals surface area contributed by atoms with Gasteiger partial charge in [-0.05, 0) is 12.5 Å². The summed E-state index contributed by atoms with van der Waals surface area (Å²) in [4.78, 5) is 20.7. The van der Waals surface area contributed by atoms with Crippen molar-refractivity contribution in [3.05, 3.63) is 38.4 Å². The van der Waals surface area contributed by atoms with Crippen molar-refractivity contribution in [1.29, 1.82) is 0 Å². The molecule has 0 spiro atoms. The van der Waals surface area contributed by atoms with Gasteiger partial charge in [-0.1, -0.05) is 71.1 Å². The van der Waals surface area contributed by atoms with Gasteiger partial charge >= 0.3 is 0 Å². The van der Waals surface area contributed by atoms with Gasteiger partial charge in [-0.15, -0.1) is 0 Å². The summed E-state index contributed by atoms with van der Waals surface area (Å²) in [6.45, 7) is 14.2. The van der Waals surface area contributed by atoms with Crippen molar-refractivity contribution in [2.75, 3.05) is 170 Å². The van der Waals surface area contributed by atoms with E-state index in [1.807, 2.05) is 0 Å². The highest BCUT2D eigenvalue weighted by Gasteiger charge is 2.19. The van der Waals surface area contributed by atoms with E-state index < -0.39 is 9.85 Å². The molecule has 362 valence electrons. The number of rotatable bonds is 51. The summed E-state index contributed by atoms with van der Waals surface area (Å²) < 4.78 is 66.1. The minimum Gasteiger partial charge on any atom is -0.379 e. The fourth-order valence-corrected chi connectivity index (χ4v) is 5.58. The summed E-state index contributed by atoms with van der Waals surface area (Å²) in [5, 5.41) is 24.9. The zero-order valence-corrected chi connectivity index (χ0v) is 37.6. The smallest absolute Gasteiger partial charge is 0.299 e. The molecular weight excluding hydrogens is 814 g/mol. The van der Waals surface area contributed by atoms with Crippen LogP contribution in [0.1, 0.15) is 77.6 Å². The molecule has 19 heteroatoms. The summed E-state index contributed by atoms with van der Waals surface area (Å²) in [5.41, 5.74) is -0.525. The molecule has 0 aliphatic carbocycles. The maximum atomic E-state index is 11.2. The first-order chi connectivity index (χ1) is 30.6. The molecule has 0 unspecified atom stereocenters. The second kappa shape index (κ2) is 46.3. The zero-order valence-electron chi connectivity index (χ0n) is 37.6. The van der Waals surface area contributed by atoms with Gasteiger partial charge in [0, 0.05) is 19.2 Å². The van der Waals surface area contributed by atoms with Gasteiger partial charge in [-0.2, -0.15) is 0 Å². The van der Waals surface area contributed by atoms with E-state index >= 15 is 0 Å². The molecule has 0 aliphatic heterocycles. The monoisotopic (exact) mass is 894 g/mol. The lowest BCUT2D eigenvalue weighted by molar-refractivity contribution is -0.393. The largest absolute Gasteiger partial charge is 0.379 e. The van der Waals surface area contributed by atoms with Crippen molar-refractivity contribution in [2.45, 2.75) is 77.6 Å². The third kappa shape index (κ3) is 39.0. The molecule has 0 radical (unpaired) electrons. The van der Waals surface area contributed by atoms with Crippen LogP contribution < -0.4 is 5.32 Å². The minimum absolute atomic E-state index is 0.186. The van der Waals surface area contributed by atoms with Crippen molar-refractivity contribution >= 4 is 17.1 Å². The van der Waals surface area contributed by atoms with Crippen LogP contribution in [0.15, 0.2) is 18.2 Å². The highest BCUT2D eigenvalue weighted by atomic mass is 16.6. The van der Waals surface area contributed by atoms with Crippen LogP contribution in [0.25, 0.3) is 0 Å². The van der Waals surface area contributed by atoms with Crippen LogP contribution in [0.5, 0.6) is 0 Å². The van der Waals surface area contributed by atoms with Crippen molar-refractivity contribution in [1.82, 2.24) is 0 Å². The fourth-order valence-electron chi connectivity index (χ4n) is 5.58. The van der Waals surface area contributed by atoms with Crippen molar-refractivity contribution in [3.63, 3.8) is 0 Å². The highest BCUT2D eigenvalue weighted by Crippen LogP contribution is 2.28. The first-order valence-electron chi connectivity index (χ1n) is 22.7. The maximum absolute atomic E-state index is 11.2. The Kier molecular flexibility index (Phi) is 42.9. The standard InChI is InChI=1S/C43H79N3O16/c1-2-3-4-5-6-7-8-9-10-11-12-16-51-18-20-53-22-24-55-26-28-57-30-32-59-34-36-61-38-39-62-37-35-60-33-31-58-29-27-56-25-23-54-21-19-52-17-15-44-42-14-13-41(45(47)48)40-43(42)46(49)50/h13-14,40,44H,2-12,15-39H2,1H3. The van der Waals surface area contributed by atoms with Gasteiger partial charge in [-0.25, -0.2) is 0 Å². The molecule has 19 nitrogen and oxygen atoms in total. The Bertz CT molecular complexity index is 1140. The summed E-state index contributed by atoms with van der Waals surface area (Å²) in [7, 11) is 0. The van der Waals surface area contributed by atoms with Crippen LogP contribution >= 0.6 is 0 Å². The predicted molar refractivity (Wildman–Crippen MR) is 235 cm³/mol. The molecule has 0 fully saturated rings. The molecule has 1 rings (SSSR count). The summed E-state index contributed by atoms with van der Waals surface area (Å²) >= 11 is 0. The topological polar surface area (TPSA) is 209 Å². The SMILES string of the molecule is CCCCCCCCCCCCCOCCOCCOCCOCCOCCOCCOCCOCCOCCOCCOCCOCCNc1ccc([N+](=O)[O-])cc1[N+](=O)[O-]. The van der Waals surface area contributed by atoms with Crippen molar-refractivity contribution in [3.8, 4) is 0 Å². The van der Waals surface area contributed by atoms with E-state index in [2.05, 4.69) is 12.2 Å². The van der Waals surface area contributed by atoms with E-state index in [0.29, 0.717) is 145 Å². The molecule has 1 aromatic carbocycles. The fraction of sp³-hybridized carbons (Fsp3) is 0.860. The number of ether oxygens (including phenoxy) is 12. The second-order valence-electron chi connectivity index (χ2n) is 14.0. The van der Waals surface area contributed by atoms with Crippen molar-refractivity contribution in [2.24, 2.45) is 0 Å². The van der Waals surface area contributed by atoms with Gasteiger partial charge in [0.25, 0.3) is 11.4 Å². The number of nitrogens with zero attached hydrogens (tertiary/aromatic N) is 2. The van der Waals surface area contributed by atoms with Gasteiger partial charge in [0.05, 0.1) is 168 Å². The zero-order chi connectivity index (χ0) is 44.7. The number of anilines is 1. The molecule has 0 atom stereocenters. The minimum atomic E-state index is -0.679. The van der Waals surface area contributed by atoms with E-state index in [0.717, 1.165) is 19.1 Å². The Morgan fingerprint density at radius 1 is 0.387 bits per heavy atom. The molecule has 62 heavy (non-hydrogen) atoms. The van der Waals surface area contributed by atoms with Gasteiger partial charge < -0.3 is 62.2 Å². The molecule has 0 heterocycles. The summed E-state index contributed by atoms with van der Waals surface area (Å²) in [6, 6.07) is 3.43. The number of non-ortho nitro benzene ring substituents is 1. The molecule has 1 aromatic rings. The molecular formula is C43H79N3O16. The summed E-state index contributed by atoms with van der Waals surface area (Å²) in [5.74, 6) is 0. The van der Waals surface area contributed by atoms with Crippen LogP contribution in [0.2, 0.25) is 0 Å². The van der Waals surface area contributed by atoms with Crippen molar-refractivity contribution < 1.29 is 66.7 Å². The molecule has 0 aromatic heterocycles. The Morgan fingerprint density at radius 2 is 0.677 bits per heavy atom. The van der Waals surface area contributed by atoms with Crippen LogP contribution in [0.4, 0.5) is 17.1 Å². The number of nitro benzene ring substituents is 2. The lowest BCUT2D eigenvalue weighted by Crippen LogP contribution is -2.16. The number of hydrogen-bond donors (Lipinski definition) is 1. The van der Waals surface area contributed by atoms with Crippen LogP contribution in [0, 0.1) is 20.2 Å². The molecule has 0 saturated carbocycles. The van der Waals surface area contributed by atoms with Gasteiger partial charge in [0.15, 0.2) is 0 Å². The van der Waals surface area contributed by atoms with E-state index in [1.165, 1.54) is 76.3 Å². The number of hydrogen-bond acceptors (Lipinski definition) is 17. The van der Waals surface area contributed by atoms with E-state index in [-0.39, 0.29) is 30.2 Å². The molecule has 0 amide bonds. The normalized spacial score (nSPS) is 11.4. The van der Waals surface area contributed by atoms with Gasteiger partial charge in [0.2, 0.25) is 0 Å². The number of unbranched alkanes of at least 4 members (excludes halogenated alkanes) is 10. The maximum Gasteiger partial charge on any atom is 0.299 e. The Labute approximate surface area is 369 Å². The average Bonchev–Trinajstić information content (AvgIpc) is 3.27. The number of benzene rings is 1.